The summed E-state index contributed by atoms with van der Waals surface area (Å²) in [4.78, 5) is 10.3. The van der Waals surface area contributed by atoms with Crippen molar-refractivity contribution in [3.8, 4) is 0 Å². The van der Waals surface area contributed by atoms with Gasteiger partial charge in [-0.1, -0.05) is 70.4 Å². The van der Waals surface area contributed by atoms with Crippen molar-refractivity contribution in [2.75, 3.05) is 0 Å². The van der Waals surface area contributed by atoms with Gasteiger partial charge < -0.3 is 5.11 Å². The minimum atomic E-state index is -0.664. The van der Waals surface area contributed by atoms with Gasteiger partial charge in [0.1, 0.15) is 0 Å². The Balaban J connectivity index is 0. The minimum absolute atomic E-state index is 0. The van der Waals surface area contributed by atoms with Crippen LogP contribution in [0.2, 0.25) is 0 Å². The van der Waals surface area contributed by atoms with Crippen LogP contribution >= 0.6 is 0 Å². The van der Waals surface area contributed by atoms with Gasteiger partial charge in [0, 0.05) is 6.42 Å². The van der Waals surface area contributed by atoms with E-state index in [-0.39, 0.29) is 23.9 Å². The second-order valence-electron chi connectivity index (χ2n) is 5.73. The molecular formula is C18H36O2Sn. The summed E-state index contributed by atoms with van der Waals surface area (Å²) in [6, 6.07) is 0. The molecule has 0 atom stereocenters. The summed E-state index contributed by atoms with van der Waals surface area (Å²) in [6.07, 6.45) is 21.2. The van der Waals surface area contributed by atoms with E-state index in [0.717, 1.165) is 12.8 Å². The Kier molecular flexibility index (Phi) is 22.2. The van der Waals surface area contributed by atoms with Gasteiger partial charge in [-0.25, -0.2) is 0 Å². The molecule has 21 heavy (non-hydrogen) atoms. The van der Waals surface area contributed by atoms with Gasteiger partial charge in [-0.05, 0) is 32.1 Å². The van der Waals surface area contributed by atoms with Crippen LogP contribution in [0.25, 0.3) is 0 Å². The third-order valence-corrected chi connectivity index (χ3v) is 3.65. The molecule has 3 heteroatoms. The molecule has 0 heterocycles. The summed E-state index contributed by atoms with van der Waals surface area (Å²) >= 11 is 0. The van der Waals surface area contributed by atoms with Crippen molar-refractivity contribution >= 4 is 29.9 Å². The monoisotopic (exact) mass is 404 g/mol. The van der Waals surface area contributed by atoms with Crippen LogP contribution in [0.4, 0.5) is 0 Å². The first kappa shape index (κ1) is 23.3. The fraction of sp³-hybridized carbons (Fsp3) is 0.833. The van der Waals surface area contributed by atoms with Gasteiger partial charge in [0.15, 0.2) is 0 Å². The van der Waals surface area contributed by atoms with Gasteiger partial charge >= 0.3 is 29.9 Å². The summed E-state index contributed by atoms with van der Waals surface area (Å²) < 4.78 is 0. The first-order valence-corrected chi connectivity index (χ1v) is 8.64. The van der Waals surface area contributed by atoms with Gasteiger partial charge in [-0.3, -0.25) is 4.79 Å². The third-order valence-electron chi connectivity index (χ3n) is 3.65. The molecule has 124 valence electrons. The quantitative estimate of drug-likeness (QED) is 0.232. The van der Waals surface area contributed by atoms with Crippen molar-refractivity contribution in [3.05, 3.63) is 12.2 Å². The maximum atomic E-state index is 10.3. The summed E-state index contributed by atoms with van der Waals surface area (Å²) in [5.41, 5.74) is 0. The van der Waals surface area contributed by atoms with Crippen LogP contribution in [0.3, 0.4) is 0 Å². The Hall–Kier alpha value is 0.00870. The average Bonchev–Trinajstić information content (AvgIpc) is 2.43. The van der Waals surface area contributed by atoms with Crippen LogP contribution in [-0.2, 0) is 4.79 Å². The van der Waals surface area contributed by atoms with Gasteiger partial charge in [0.2, 0.25) is 0 Å². The van der Waals surface area contributed by atoms with Crippen molar-refractivity contribution < 1.29 is 9.90 Å². The number of hydrogen-bond donors (Lipinski definition) is 1. The van der Waals surface area contributed by atoms with E-state index in [1.54, 1.807) is 0 Å². The molecule has 0 bridgehead atoms. The molecule has 0 aliphatic rings. The normalized spacial score (nSPS) is 10.7. The summed E-state index contributed by atoms with van der Waals surface area (Å²) in [5, 5.41) is 8.51. The van der Waals surface area contributed by atoms with E-state index in [0.29, 0.717) is 6.42 Å². The van der Waals surface area contributed by atoms with Gasteiger partial charge in [0.25, 0.3) is 0 Å². The molecule has 2 radical (unpaired) electrons. The van der Waals surface area contributed by atoms with Crippen LogP contribution in [0.5, 0.6) is 0 Å². The van der Waals surface area contributed by atoms with Crippen molar-refractivity contribution in [2.45, 2.75) is 96.8 Å². The molecule has 0 saturated carbocycles. The SMILES string of the molecule is CCCCCCCC/C=C\CCCCCCCC(=O)O.[SnH2]. The predicted molar refractivity (Wildman–Crippen MR) is 95.6 cm³/mol. The maximum absolute atomic E-state index is 10.3. The van der Waals surface area contributed by atoms with Gasteiger partial charge in [-0.2, -0.15) is 0 Å². The van der Waals surface area contributed by atoms with Crippen LogP contribution in [0, 0.1) is 0 Å². The van der Waals surface area contributed by atoms with E-state index in [4.69, 9.17) is 5.11 Å². The molecule has 0 aliphatic heterocycles. The van der Waals surface area contributed by atoms with Crippen molar-refractivity contribution in [3.63, 3.8) is 0 Å². The Morgan fingerprint density at radius 1 is 0.762 bits per heavy atom. The van der Waals surface area contributed by atoms with Crippen LogP contribution in [0.15, 0.2) is 12.2 Å². The zero-order valence-electron chi connectivity index (χ0n) is 14.1. The van der Waals surface area contributed by atoms with E-state index < -0.39 is 5.97 Å². The number of aliphatic carboxylic acids is 1. The fourth-order valence-corrected chi connectivity index (χ4v) is 2.35. The summed E-state index contributed by atoms with van der Waals surface area (Å²) in [6.45, 7) is 2.26. The van der Waals surface area contributed by atoms with Crippen molar-refractivity contribution in [2.24, 2.45) is 0 Å². The second kappa shape index (κ2) is 20.0. The van der Waals surface area contributed by atoms with Crippen molar-refractivity contribution in [1.82, 2.24) is 0 Å². The number of carbonyl (C=O) groups is 1. The number of rotatable bonds is 15. The Morgan fingerprint density at radius 2 is 1.19 bits per heavy atom. The summed E-state index contributed by atoms with van der Waals surface area (Å²) in [7, 11) is 0. The van der Waals surface area contributed by atoms with Crippen LogP contribution < -0.4 is 0 Å². The Labute approximate surface area is 148 Å². The number of allylic oxidation sites excluding steroid dienone is 2. The molecule has 0 fully saturated rings. The van der Waals surface area contributed by atoms with Crippen LogP contribution in [0.1, 0.15) is 96.8 Å². The number of hydrogen-bond acceptors (Lipinski definition) is 1. The molecular weight excluding hydrogens is 367 g/mol. The molecule has 0 aromatic carbocycles. The molecule has 0 unspecified atom stereocenters. The van der Waals surface area contributed by atoms with E-state index in [9.17, 15) is 4.79 Å². The molecule has 0 aromatic heterocycles. The zero-order valence-corrected chi connectivity index (χ0v) is 18.2. The van der Waals surface area contributed by atoms with E-state index in [1.807, 2.05) is 0 Å². The molecule has 0 amide bonds. The first-order chi connectivity index (χ1) is 9.77. The zero-order chi connectivity index (χ0) is 14.9. The molecule has 0 spiro atoms. The second-order valence-corrected chi connectivity index (χ2v) is 5.73. The predicted octanol–water partition coefficient (Wildman–Crippen LogP) is 5.19. The molecule has 0 rings (SSSR count). The molecule has 0 aromatic rings. The number of carboxylic acids is 1. The average molecular weight is 403 g/mol. The first-order valence-electron chi connectivity index (χ1n) is 8.64. The van der Waals surface area contributed by atoms with E-state index in [2.05, 4.69) is 19.1 Å². The number of unbranched alkanes of at least 4 members (excludes halogenated alkanes) is 11. The molecule has 1 N–H and O–H groups in total. The van der Waals surface area contributed by atoms with E-state index in [1.165, 1.54) is 70.6 Å². The van der Waals surface area contributed by atoms with Gasteiger partial charge in [-0.15, -0.1) is 0 Å². The standard InChI is InChI=1S/C18H34O2.Sn.2H/c1-2-3-4-5-6-7-8-9-10-11-12-13-14-15-16-17-18(19)20;;;/h9-10H,2-8,11-17H2,1H3,(H,19,20);;;/b10-9-;;;. The van der Waals surface area contributed by atoms with Crippen LogP contribution in [-0.4, -0.2) is 35.0 Å². The molecule has 2 nitrogen and oxygen atoms in total. The Bertz CT molecular complexity index is 239. The molecule has 0 saturated heterocycles. The fourth-order valence-electron chi connectivity index (χ4n) is 2.35. The molecule has 0 aliphatic carbocycles. The Morgan fingerprint density at radius 3 is 1.67 bits per heavy atom. The van der Waals surface area contributed by atoms with Crippen molar-refractivity contribution in [1.29, 1.82) is 0 Å². The topological polar surface area (TPSA) is 37.3 Å². The van der Waals surface area contributed by atoms with Gasteiger partial charge in [0.05, 0.1) is 0 Å². The summed E-state index contributed by atoms with van der Waals surface area (Å²) in [5.74, 6) is -0.664. The third kappa shape index (κ3) is 22.4. The van der Waals surface area contributed by atoms with E-state index >= 15 is 0 Å². The number of carboxylic acid groups (broad SMARTS) is 1.